The molecular weight excluding hydrogens is 439 g/mol. The topological polar surface area (TPSA) is 58.2 Å². The van der Waals surface area contributed by atoms with Crippen LogP contribution in [-0.4, -0.2) is 11.8 Å². The molecule has 4 nitrogen and oxygen atoms in total. The Hall–Kier alpha value is -2.86. The van der Waals surface area contributed by atoms with Gasteiger partial charge in [-0.1, -0.05) is 47.5 Å². The first kappa shape index (κ1) is 20.4. The molecule has 0 atom stereocenters. The molecule has 0 unspecified atom stereocenters. The first-order chi connectivity index (χ1) is 14.4. The van der Waals surface area contributed by atoms with Crippen molar-refractivity contribution in [1.82, 2.24) is 0 Å². The van der Waals surface area contributed by atoms with Crippen LogP contribution in [-0.2, 0) is 0 Å². The van der Waals surface area contributed by atoms with Crippen molar-refractivity contribution in [3.63, 3.8) is 0 Å². The van der Waals surface area contributed by atoms with Crippen LogP contribution in [0.4, 0.5) is 11.4 Å². The van der Waals surface area contributed by atoms with E-state index in [9.17, 15) is 9.59 Å². The fourth-order valence-corrected chi connectivity index (χ4v) is 4.73. The van der Waals surface area contributed by atoms with Crippen LogP contribution in [0.5, 0.6) is 0 Å². The van der Waals surface area contributed by atoms with Crippen LogP contribution < -0.4 is 10.6 Å². The molecule has 2 amide bonds. The van der Waals surface area contributed by atoms with Crippen LogP contribution in [0.2, 0.25) is 10.0 Å². The normalized spacial score (nSPS) is 10.8. The third-order valence-corrected chi connectivity index (χ3v) is 6.46. The summed E-state index contributed by atoms with van der Waals surface area (Å²) >= 11 is 13.7. The number of thiophene rings is 1. The molecule has 0 bridgehead atoms. The van der Waals surface area contributed by atoms with E-state index in [1.165, 1.54) is 11.3 Å². The molecular formula is C23H16Cl2N2O2S. The average molecular weight is 455 g/mol. The minimum absolute atomic E-state index is 0.189. The monoisotopic (exact) mass is 454 g/mol. The van der Waals surface area contributed by atoms with Crippen LogP contribution in [0.25, 0.3) is 10.1 Å². The summed E-state index contributed by atoms with van der Waals surface area (Å²) in [6, 6.07) is 19.6. The van der Waals surface area contributed by atoms with Gasteiger partial charge in [-0.3, -0.25) is 9.59 Å². The number of rotatable bonds is 4. The van der Waals surface area contributed by atoms with Crippen molar-refractivity contribution in [2.75, 3.05) is 10.6 Å². The fraction of sp³-hybridized carbons (Fsp3) is 0.0435. The van der Waals surface area contributed by atoms with Crippen molar-refractivity contribution >= 4 is 67.8 Å². The molecule has 0 aliphatic carbocycles. The number of amides is 2. The Kier molecular flexibility index (Phi) is 5.77. The number of anilines is 2. The molecule has 0 aliphatic rings. The maximum absolute atomic E-state index is 12.8. The number of benzene rings is 3. The number of aryl methyl sites for hydroxylation is 1. The highest BCUT2D eigenvalue weighted by Crippen LogP contribution is 2.37. The quantitative estimate of drug-likeness (QED) is 0.347. The summed E-state index contributed by atoms with van der Waals surface area (Å²) in [4.78, 5) is 25.5. The summed E-state index contributed by atoms with van der Waals surface area (Å²) in [5.41, 5.74) is 2.69. The zero-order valence-electron chi connectivity index (χ0n) is 15.8. The lowest BCUT2D eigenvalue weighted by Crippen LogP contribution is -2.13. The molecule has 0 aliphatic heterocycles. The molecule has 150 valence electrons. The van der Waals surface area contributed by atoms with Crippen LogP contribution in [0.1, 0.15) is 25.6 Å². The second-order valence-corrected chi connectivity index (χ2v) is 8.56. The van der Waals surface area contributed by atoms with Gasteiger partial charge in [0.05, 0.1) is 5.02 Å². The standard InChI is InChI=1S/C23H16Cl2N2O2S/c1-13-11-16(8-10-18(13)27-22(28)14-5-3-2-4-6-14)26-23(29)21-20(25)17-9-7-15(24)12-19(17)30-21/h2-12H,1H3,(H,26,29)(H,27,28). The Labute approximate surface area is 187 Å². The van der Waals surface area contributed by atoms with E-state index in [4.69, 9.17) is 23.2 Å². The van der Waals surface area contributed by atoms with E-state index in [-0.39, 0.29) is 11.8 Å². The van der Waals surface area contributed by atoms with Gasteiger partial charge in [-0.15, -0.1) is 11.3 Å². The number of carbonyl (C=O) groups excluding carboxylic acids is 2. The molecule has 0 radical (unpaired) electrons. The van der Waals surface area contributed by atoms with Gasteiger partial charge in [-0.05, 0) is 55.0 Å². The molecule has 7 heteroatoms. The summed E-state index contributed by atoms with van der Waals surface area (Å²) < 4.78 is 0.854. The molecule has 0 spiro atoms. The highest BCUT2D eigenvalue weighted by Gasteiger charge is 2.18. The molecule has 2 N–H and O–H groups in total. The number of nitrogens with one attached hydrogen (secondary N) is 2. The smallest absolute Gasteiger partial charge is 0.267 e. The lowest BCUT2D eigenvalue weighted by Gasteiger charge is -2.11. The molecule has 0 fully saturated rings. The zero-order valence-corrected chi connectivity index (χ0v) is 18.2. The Morgan fingerprint density at radius 3 is 2.37 bits per heavy atom. The van der Waals surface area contributed by atoms with Crippen molar-refractivity contribution in [2.45, 2.75) is 6.92 Å². The summed E-state index contributed by atoms with van der Waals surface area (Å²) in [5.74, 6) is -0.482. The van der Waals surface area contributed by atoms with Crippen LogP contribution in [0, 0.1) is 6.92 Å². The lowest BCUT2D eigenvalue weighted by atomic mass is 10.1. The number of hydrogen-bond donors (Lipinski definition) is 2. The van der Waals surface area contributed by atoms with Gasteiger partial charge in [0.15, 0.2) is 0 Å². The van der Waals surface area contributed by atoms with E-state index in [2.05, 4.69) is 10.6 Å². The second kappa shape index (κ2) is 8.48. The number of hydrogen-bond acceptors (Lipinski definition) is 3. The van der Waals surface area contributed by atoms with Gasteiger partial charge in [0.2, 0.25) is 0 Å². The molecule has 4 aromatic rings. The second-order valence-electron chi connectivity index (χ2n) is 6.69. The van der Waals surface area contributed by atoms with Crippen LogP contribution in [0.3, 0.4) is 0 Å². The van der Waals surface area contributed by atoms with E-state index >= 15 is 0 Å². The maximum Gasteiger partial charge on any atom is 0.267 e. The predicted molar refractivity (Wildman–Crippen MR) is 125 cm³/mol. The number of carbonyl (C=O) groups is 2. The predicted octanol–water partition coefficient (Wildman–Crippen LogP) is 7.02. The van der Waals surface area contributed by atoms with Crippen molar-refractivity contribution in [2.24, 2.45) is 0 Å². The van der Waals surface area contributed by atoms with E-state index in [1.807, 2.05) is 31.2 Å². The maximum atomic E-state index is 12.8. The van der Waals surface area contributed by atoms with Gasteiger partial charge in [0.1, 0.15) is 4.88 Å². The van der Waals surface area contributed by atoms with Crippen molar-refractivity contribution < 1.29 is 9.59 Å². The van der Waals surface area contributed by atoms with Crippen LogP contribution in [0.15, 0.2) is 66.7 Å². The Balaban J connectivity index is 1.52. The lowest BCUT2D eigenvalue weighted by molar-refractivity contribution is 0.102. The molecule has 1 aromatic heterocycles. The highest BCUT2D eigenvalue weighted by atomic mass is 35.5. The minimum Gasteiger partial charge on any atom is -0.322 e. The molecule has 3 aromatic carbocycles. The first-order valence-corrected chi connectivity index (χ1v) is 10.7. The summed E-state index contributed by atoms with van der Waals surface area (Å²) in [6.45, 7) is 1.87. The molecule has 0 saturated heterocycles. The number of fused-ring (bicyclic) bond motifs is 1. The third kappa shape index (κ3) is 4.19. The highest BCUT2D eigenvalue weighted by molar-refractivity contribution is 7.21. The SMILES string of the molecule is Cc1cc(NC(=O)c2sc3cc(Cl)ccc3c2Cl)ccc1NC(=O)c1ccccc1. The Bertz CT molecular complexity index is 1270. The van der Waals surface area contributed by atoms with Gasteiger partial charge in [0.25, 0.3) is 11.8 Å². The van der Waals surface area contributed by atoms with E-state index in [0.717, 1.165) is 15.6 Å². The summed E-state index contributed by atoms with van der Waals surface area (Å²) in [6.07, 6.45) is 0. The number of halogens is 2. The Morgan fingerprint density at radius 2 is 1.63 bits per heavy atom. The van der Waals surface area contributed by atoms with E-state index in [0.29, 0.717) is 31.9 Å². The van der Waals surface area contributed by atoms with Crippen molar-refractivity contribution in [1.29, 1.82) is 0 Å². The fourth-order valence-electron chi connectivity index (χ4n) is 3.04. The summed E-state index contributed by atoms with van der Waals surface area (Å²) in [7, 11) is 0. The minimum atomic E-state index is -0.294. The van der Waals surface area contributed by atoms with Gasteiger partial charge in [-0.25, -0.2) is 0 Å². The van der Waals surface area contributed by atoms with Crippen molar-refractivity contribution in [3.8, 4) is 0 Å². The Morgan fingerprint density at radius 1 is 0.867 bits per heavy atom. The van der Waals surface area contributed by atoms with Gasteiger partial charge in [0, 0.05) is 32.0 Å². The molecule has 1 heterocycles. The van der Waals surface area contributed by atoms with Crippen LogP contribution >= 0.6 is 34.5 Å². The molecule has 4 rings (SSSR count). The van der Waals surface area contributed by atoms with E-state index in [1.54, 1.807) is 42.5 Å². The molecule has 0 saturated carbocycles. The van der Waals surface area contributed by atoms with Crippen molar-refractivity contribution in [3.05, 3.63) is 92.8 Å². The van der Waals surface area contributed by atoms with Gasteiger partial charge >= 0.3 is 0 Å². The largest absolute Gasteiger partial charge is 0.322 e. The average Bonchev–Trinajstić information content (AvgIpc) is 3.06. The zero-order chi connectivity index (χ0) is 21.3. The summed E-state index contributed by atoms with van der Waals surface area (Å²) in [5, 5.41) is 7.56. The third-order valence-electron chi connectivity index (χ3n) is 4.57. The molecule has 30 heavy (non-hydrogen) atoms. The van der Waals surface area contributed by atoms with Gasteiger partial charge < -0.3 is 10.6 Å². The first-order valence-electron chi connectivity index (χ1n) is 9.08. The van der Waals surface area contributed by atoms with E-state index < -0.39 is 0 Å². The van der Waals surface area contributed by atoms with Gasteiger partial charge in [-0.2, -0.15) is 0 Å².